The number of hydrogen-bond donors (Lipinski definition) is 1. The summed E-state index contributed by atoms with van der Waals surface area (Å²) in [6, 6.07) is 10.5. The van der Waals surface area contributed by atoms with Gasteiger partial charge in [-0.1, -0.05) is 30.3 Å². The molecular weight excluding hydrogens is 396 g/mol. The van der Waals surface area contributed by atoms with Gasteiger partial charge in [0.25, 0.3) is 0 Å². The maximum absolute atomic E-state index is 11.3. The van der Waals surface area contributed by atoms with Gasteiger partial charge in [0, 0.05) is 32.6 Å². The number of nitrogens with zero attached hydrogens (tertiary/aromatic N) is 5. The second-order valence-electron chi connectivity index (χ2n) is 8.04. The van der Waals surface area contributed by atoms with E-state index in [1.165, 1.54) is 18.8 Å². The number of fused-ring (bicyclic) bond motifs is 1. The molecule has 1 N–H and O–H groups in total. The number of hydrogen-bond acceptors (Lipinski definition) is 8. The summed E-state index contributed by atoms with van der Waals surface area (Å²) in [7, 11) is 0. The molecule has 3 heterocycles. The molecule has 0 amide bonds. The number of anilines is 1. The number of esters is 1. The molecule has 9 heteroatoms. The zero-order valence-corrected chi connectivity index (χ0v) is 18.1. The number of ether oxygens (including phenoxy) is 2. The van der Waals surface area contributed by atoms with E-state index >= 15 is 0 Å². The Morgan fingerprint density at radius 1 is 1.23 bits per heavy atom. The van der Waals surface area contributed by atoms with Crippen LogP contribution in [0.2, 0.25) is 0 Å². The monoisotopic (exact) mass is 424 g/mol. The van der Waals surface area contributed by atoms with Gasteiger partial charge in [-0.3, -0.25) is 14.3 Å². The van der Waals surface area contributed by atoms with Crippen LogP contribution in [0.15, 0.2) is 43.0 Å². The summed E-state index contributed by atoms with van der Waals surface area (Å²) in [5.41, 5.74) is 2.63. The molecule has 4 rings (SSSR count). The second kappa shape index (κ2) is 9.40. The van der Waals surface area contributed by atoms with Crippen LogP contribution in [0.1, 0.15) is 32.6 Å². The Morgan fingerprint density at radius 3 is 2.77 bits per heavy atom. The molecule has 164 valence electrons. The zero-order valence-electron chi connectivity index (χ0n) is 18.1. The molecule has 0 bridgehead atoms. The molecule has 0 spiro atoms. The summed E-state index contributed by atoms with van der Waals surface area (Å²) in [5.74, 6) is 0.387. The van der Waals surface area contributed by atoms with E-state index in [1.54, 1.807) is 6.33 Å². The fraction of sp³-hybridized carbons (Fsp3) is 0.455. The SMILES string of the molecule is CC(=O)OC[C@@H]1CN(Cc2ccccc2)C[C@H](n2cnc3c(NC(C)C)ncnc32)O1. The third-order valence-corrected chi connectivity index (χ3v) is 5.04. The van der Waals surface area contributed by atoms with E-state index in [1.807, 2.05) is 22.8 Å². The molecule has 3 aromatic rings. The highest BCUT2D eigenvalue weighted by molar-refractivity contribution is 5.82. The first kappa shape index (κ1) is 21.2. The highest BCUT2D eigenvalue weighted by Gasteiger charge is 2.31. The number of aromatic nitrogens is 4. The number of nitrogens with one attached hydrogen (secondary N) is 1. The number of carbonyl (C=O) groups excluding carboxylic acids is 1. The van der Waals surface area contributed by atoms with Crippen LogP contribution in [-0.2, 0) is 20.8 Å². The molecule has 1 fully saturated rings. The van der Waals surface area contributed by atoms with E-state index in [9.17, 15) is 4.79 Å². The third-order valence-electron chi connectivity index (χ3n) is 5.04. The van der Waals surface area contributed by atoms with Crippen molar-refractivity contribution in [2.45, 2.75) is 45.7 Å². The van der Waals surface area contributed by atoms with Gasteiger partial charge < -0.3 is 14.8 Å². The molecule has 1 aromatic carbocycles. The smallest absolute Gasteiger partial charge is 0.302 e. The van der Waals surface area contributed by atoms with Crippen molar-refractivity contribution in [3.63, 3.8) is 0 Å². The van der Waals surface area contributed by atoms with Crippen molar-refractivity contribution in [1.29, 1.82) is 0 Å². The van der Waals surface area contributed by atoms with Gasteiger partial charge in [0.15, 0.2) is 17.0 Å². The van der Waals surface area contributed by atoms with E-state index in [0.717, 1.165) is 6.54 Å². The Morgan fingerprint density at radius 2 is 2.03 bits per heavy atom. The summed E-state index contributed by atoms with van der Waals surface area (Å²) >= 11 is 0. The average Bonchev–Trinajstić information content (AvgIpc) is 3.18. The summed E-state index contributed by atoms with van der Waals surface area (Å²) in [4.78, 5) is 27.0. The van der Waals surface area contributed by atoms with Crippen molar-refractivity contribution >= 4 is 23.0 Å². The normalized spacial score (nSPS) is 19.6. The summed E-state index contributed by atoms with van der Waals surface area (Å²) < 4.78 is 13.5. The Labute approximate surface area is 181 Å². The molecule has 0 saturated carbocycles. The quantitative estimate of drug-likeness (QED) is 0.579. The molecule has 2 atom stereocenters. The van der Waals surface area contributed by atoms with Crippen molar-refractivity contribution in [2.75, 3.05) is 25.0 Å². The van der Waals surface area contributed by atoms with Crippen LogP contribution in [0.5, 0.6) is 0 Å². The van der Waals surface area contributed by atoms with Crippen LogP contribution >= 0.6 is 0 Å². The number of benzene rings is 1. The Kier molecular flexibility index (Phi) is 6.43. The average molecular weight is 425 g/mol. The molecule has 0 unspecified atom stereocenters. The van der Waals surface area contributed by atoms with Gasteiger partial charge in [-0.2, -0.15) is 0 Å². The van der Waals surface area contributed by atoms with Gasteiger partial charge >= 0.3 is 5.97 Å². The standard InChI is InChI=1S/C22H28N6O3/c1-15(2)26-21-20-22(24-13-23-21)28(14-25-20)19-11-27(9-17-7-5-4-6-8-17)10-18(31-19)12-30-16(3)29/h4-8,13-15,18-19H,9-12H2,1-3H3,(H,23,24,26)/t18-,19+/m0/s1. The van der Waals surface area contributed by atoms with E-state index < -0.39 is 0 Å². The van der Waals surface area contributed by atoms with E-state index in [0.29, 0.717) is 30.1 Å². The van der Waals surface area contributed by atoms with Gasteiger partial charge in [-0.05, 0) is 19.4 Å². The predicted octanol–water partition coefficient (Wildman–Crippen LogP) is 2.61. The largest absolute Gasteiger partial charge is 0.463 e. The van der Waals surface area contributed by atoms with Crippen molar-refractivity contribution in [3.05, 3.63) is 48.5 Å². The summed E-state index contributed by atoms with van der Waals surface area (Å²) in [6.45, 7) is 7.82. The minimum absolute atomic E-state index is 0.207. The minimum Gasteiger partial charge on any atom is -0.463 e. The summed E-state index contributed by atoms with van der Waals surface area (Å²) in [5, 5.41) is 3.31. The molecule has 0 aliphatic carbocycles. The highest BCUT2D eigenvalue weighted by Crippen LogP contribution is 2.27. The van der Waals surface area contributed by atoms with Crippen molar-refractivity contribution < 1.29 is 14.3 Å². The maximum Gasteiger partial charge on any atom is 0.302 e. The van der Waals surface area contributed by atoms with Gasteiger partial charge in [0.1, 0.15) is 25.3 Å². The molecule has 1 saturated heterocycles. The topological polar surface area (TPSA) is 94.4 Å². The van der Waals surface area contributed by atoms with Gasteiger partial charge in [-0.15, -0.1) is 0 Å². The molecule has 0 radical (unpaired) electrons. The minimum atomic E-state index is -0.315. The van der Waals surface area contributed by atoms with Crippen molar-refractivity contribution in [3.8, 4) is 0 Å². The van der Waals surface area contributed by atoms with Crippen LogP contribution in [0.3, 0.4) is 0 Å². The summed E-state index contributed by atoms with van der Waals surface area (Å²) in [6.07, 6.45) is 2.71. The van der Waals surface area contributed by atoms with Gasteiger partial charge in [-0.25, -0.2) is 15.0 Å². The lowest BCUT2D eigenvalue weighted by atomic mass is 10.2. The van der Waals surface area contributed by atoms with Gasteiger partial charge in [0.2, 0.25) is 0 Å². The highest BCUT2D eigenvalue weighted by atomic mass is 16.6. The number of carbonyl (C=O) groups is 1. The first-order valence-corrected chi connectivity index (χ1v) is 10.5. The van der Waals surface area contributed by atoms with Crippen LogP contribution in [0, 0.1) is 0 Å². The molecular formula is C22H28N6O3. The Hall–Kier alpha value is -3.04. The van der Waals surface area contributed by atoms with Crippen LogP contribution in [0.4, 0.5) is 5.82 Å². The number of morpholine rings is 1. The Balaban J connectivity index is 1.60. The molecule has 2 aromatic heterocycles. The van der Waals surface area contributed by atoms with Crippen molar-refractivity contribution in [2.24, 2.45) is 0 Å². The predicted molar refractivity (Wildman–Crippen MR) is 116 cm³/mol. The van der Waals surface area contributed by atoms with E-state index in [-0.39, 0.29) is 30.9 Å². The van der Waals surface area contributed by atoms with Crippen LogP contribution < -0.4 is 5.32 Å². The van der Waals surface area contributed by atoms with E-state index in [4.69, 9.17) is 9.47 Å². The fourth-order valence-electron chi connectivity index (χ4n) is 3.76. The molecule has 1 aliphatic heterocycles. The lowest BCUT2D eigenvalue weighted by Gasteiger charge is -2.38. The lowest BCUT2D eigenvalue weighted by molar-refractivity contribution is -0.162. The lowest BCUT2D eigenvalue weighted by Crippen LogP contribution is -2.47. The van der Waals surface area contributed by atoms with Crippen molar-refractivity contribution in [1.82, 2.24) is 24.4 Å². The van der Waals surface area contributed by atoms with E-state index in [2.05, 4.69) is 51.1 Å². The Bertz CT molecular complexity index is 1020. The molecule has 31 heavy (non-hydrogen) atoms. The second-order valence-corrected chi connectivity index (χ2v) is 8.04. The zero-order chi connectivity index (χ0) is 21.8. The fourth-order valence-corrected chi connectivity index (χ4v) is 3.76. The maximum atomic E-state index is 11.3. The first-order valence-electron chi connectivity index (χ1n) is 10.5. The van der Waals surface area contributed by atoms with Gasteiger partial charge in [0.05, 0.1) is 6.33 Å². The molecule has 1 aliphatic rings. The first-order chi connectivity index (χ1) is 15.0. The third kappa shape index (κ3) is 5.18. The van der Waals surface area contributed by atoms with Crippen LogP contribution in [-0.4, -0.2) is 62.2 Å². The van der Waals surface area contributed by atoms with Crippen LogP contribution in [0.25, 0.3) is 11.2 Å². The number of rotatable bonds is 7. The molecule has 9 nitrogen and oxygen atoms in total. The number of imidazole rings is 1.